The lowest BCUT2D eigenvalue weighted by Gasteiger charge is -2.25. The molecule has 2 atom stereocenters. The molecule has 5 nitrogen and oxygen atoms in total. The van der Waals surface area contributed by atoms with E-state index in [0.29, 0.717) is 13.0 Å². The van der Waals surface area contributed by atoms with E-state index in [2.05, 4.69) is 0 Å². The van der Waals surface area contributed by atoms with Gasteiger partial charge in [0.25, 0.3) is 0 Å². The lowest BCUT2D eigenvalue weighted by atomic mass is 9.96. The highest BCUT2D eigenvalue weighted by Gasteiger charge is 2.36. The minimum Gasteiger partial charge on any atom is -0.497 e. The quantitative estimate of drug-likeness (QED) is 0.937. The number of nitrogens with zero attached hydrogens (tertiary/aromatic N) is 1. The van der Waals surface area contributed by atoms with E-state index < -0.39 is 12.0 Å². The summed E-state index contributed by atoms with van der Waals surface area (Å²) in [5, 5.41) is 11.3. The van der Waals surface area contributed by atoms with Crippen LogP contribution in [-0.2, 0) is 9.59 Å². The molecule has 0 bridgehead atoms. The van der Waals surface area contributed by atoms with E-state index in [1.807, 2.05) is 43.3 Å². The number of carbonyl (C=O) groups is 2. The van der Waals surface area contributed by atoms with Crippen LogP contribution in [0, 0.1) is 0 Å². The van der Waals surface area contributed by atoms with Crippen LogP contribution in [0.4, 0.5) is 0 Å². The van der Waals surface area contributed by atoms with Gasteiger partial charge in [0.15, 0.2) is 0 Å². The molecule has 1 N–H and O–H groups in total. The number of benzene rings is 2. The Morgan fingerprint density at radius 2 is 1.92 bits per heavy atom. The average molecular weight is 327 g/mol. The van der Waals surface area contributed by atoms with Crippen LogP contribution in [0.25, 0.3) is 10.8 Å². The Balaban J connectivity index is 1.86. The third kappa shape index (κ3) is 2.94. The lowest BCUT2D eigenvalue weighted by Crippen LogP contribution is -2.42. The topological polar surface area (TPSA) is 66.8 Å². The third-order valence-corrected chi connectivity index (χ3v) is 4.76. The Morgan fingerprint density at radius 1 is 1.21 bits per heavy atom. The number of likely N-dealkylation sites (tertiary alicyclic amines) is 1. The van der Waals surface area contributed by atoms with E-state index in [9.17, 15) is 14.7 Å². The second kappa shape index (κ2) is 6.51. The number of hydrogen-bond acceptors (Lipinski definition) is 3. The molecule has 1 heterocycles. The highest BCUT2D eigenvalue weighted by molar-refractivity contribution is 5.90. The molecule has 0 aliphatic carbocycles. The summed E-state index contributed by atoms with van der Waals surface area (Å²) in [5.41, 5.74) is 0.897. The number of methoxy groups -OCH3 is 1. The molecule has 126 valence electrons. The molecule has 1 aliphatic heterocycles. The molecule has 0 aromatic heterocycles. The molecule has 1 fully saturated rings. The largest absolute Gasteiger partial charge is 0.497 e. The van der Waals surface area contributed by atoms with Crippen molar-refractivity contribution in [1.29, 1.82) is 0 Å². The smallest absolute Gasteiger partial charge is 0.326 e. The van der Waals surface area contributed by atoms with Gasteiger partial charge >= 0.3 is 5.97 Å². The van der Waals surface area contributed by atoms with E-state index in [1.165, 1.54) is 4.90 Å². The molecule has 1 amide bonds. The van der Waals surface area contributed by atoms with E-state index in [0.717, 1.165) is 28.5 Å². The Kier molecular flexibility index (Phi) is 4.42. The number of carboxylic acids is 1. The summed E-state index contributed by atoms with van der Waals surface area (Å²) in [6.07, 6.45) is 1.28. The number of aliphatic carboxylic acids is 1. The molecule has 1 unspecified atom stereocenters. The molecule has 2 aromatic carbocycles. The van der Waals surface area contributed by atoms with Gasteiger partial charge in [-0.3, -0.25) is 4.79 Å². The van der Waals surface area contributed by atoms with Crippen molar-refractivity contribution in [3.05, 3.63) is 42.0 Å². The van der Waals surface area contributed by atoms with Crippen molar-refractivity contribution >= 4 is 22.6 Å². The average Bonchev–Trinajstić information content (AvgIpc) is 3.09. The van der Waals surface area contributed by atoms with Crippen LogP contribution in [0.15, 0.2) is 36.4 Å². The number of carbonyl (C=O) groups excluding carboxylic acids is 1. The number of hydrogen-bond donors (Lipinski definition) is 1. The molecule has 3 rings (SSSR count). The van der Waals surface area contributed by atoms with Gasteiger partial charge in [0.1, 0.15) is 11.8 Å². The highest BCUT2D eigenvalue weighted by Crippen LogP contribution is 2.28. The molecule has 0 radical (unpaired) electrons. The summed E-state index contributed by atoms with van der Waals surface area (Å²) in [5.74, 6) is -0.608. The number of rotatable bonds is 4. The summed E-state index contributed by atoms with van der Waals surface area (Å²) < 4.78 is 5.22. The maximum Gasteiger partial charge on any atom is 0.326 e. The van der Waals surface area contributed by atoms with Crippen LogP contribution in [0.5, 0.6) is 5.75 Å². The fourth-order valence-corrected chi connectivity index (χ4v) is 3.32. The van der Waals surface area contributed by atoms with E-state index >= 15 is 0 Å². The Morgan fingerprint density at radius 3 is 2.62 bits per heavy atom. The first-order valence-corrected chi connectivity index (χ1v) is 8.12. The van der Waals surface area contributed by atoms with E-state index in [4.69, 9.17) is 4.74 Å². The number of carboxylic acid groups (broad SMARTS) is 1. The van der Waals surface area contributed by atoms with Crippen molar-refractivity contribution < 1.29 is 19.4 Å². The summed E-state index contributed by atoms with van der Waals surface area (Å²) in [7, 11) is 1.63. The van der Waals surface area contributed by atoms with Crippen LogP contribution in [0.1, 0.15) is 31.2 Å². The zero-order chi connectivity index (χ0) is 17.3. The molecule has 5 heteroatoms. The minimum atomic E-state index is -0.918. The van der Waals surface area contributed by atoms with Gasteiger partial charge in [-0.15, -0.1) is 0 Å². The maximum atomic E-state index is 12.7. The summed E-state index contributed by atoms with van der Waals surface area (Å²) >= 11 is 0. The van der Waals surface area contributed by atoms with Gasteiger partial charge in [0.05, 0.1) is 13.0 Å². The molecule has 1 saturated heterocycles. The predicted octanol–water partition coefficient (Wildman–Crippen LogP) is 3.03. The van der Waals surface area contributed by atoms with Gasteiger partial charge in [-0.25, -0.2) is 4.79 Å². The van der Waals surface area contributed by atoms with Crippen molar-refractivity contribution in [3.63, 3.8) is 0 Å². The Hall–Kier alpha value is -2.56. The lowest BCUT2D eigenvalue weighted by molar-refractivity contribution is -0.148. The number of ether oxygens (including phenoxy) is 1. The van der Waals surface area contributed by atoms with Gasteiger partial charge in [-0.2, -0.15) is 0 Å². The van der Waals surface area contributed by atoms with Crippen molar-refractivity contribution in [1.82, 2.24) is 4.90 Å². The summed E-state index contributed by atoms with van der Waals surface area (Å²) in [6.45, 7) is 2.36. The van der Waals surface area contributed by atoms with Crippen LogP contribution < -0.4 is 4.74 Å². The van der Waals surface area contributed by atoms with Crippen LogP contribution in [-0.4, -0.2) is 41.6 Å². The van der Waals surface area contributed by atoms with Crippen molar-refractivity contribution in [3.8, 4) is 5.75 Å². The molecule has 0 spiro atoms. The molecule has 1 aliphatic rings. The number of amides is 1. The minimum absolute atomic E-state index is 0.118. The van der Waals surface area contributed by atoms with Gasteiger partial charge in [0.2, 0.25) is 5.91 Å². The first-order chi connectivity index (χ1) is 11.5. The monoisotopic (exact) mass is 327 g/mol. The summed E-state index contributed by atoms with van der Waals surface area (Å²) in [6, 6.07) is 11.0. The predicted molar refractivity (Wildman–Crippen MR) is 91.3 cm³/mol. The van der Waals surface area contributed by atoms with Crippen molar-refractivity contribution in [2.24, 2.45) is 0 Å². The maximum absolute atomic E-state index is 12.7. The molecular formula is C19H21NO4. The SMILES string of the molecule is COc1ccc2cc(C(C)C(=O)N3CCC[C@H]3C(=O)O)ccc2c1. The van der Waals surface area contributed by atoms with Crippen molar-refractivity contribution in [2.45, 2.75) is 31.7 Å². The zero-order valence-corrected chi connectivity index (χ0v) is 13.9. The fraction of sp³-hybridized carbons (Fsp3) is 0.368. The van der Waals surface area contributed by atoms with Gasteiger partial charge < -0.3 is 14.7 Å². The first-order valence-electron chi connectivity index (χ1n) is 8.12. The van der Waals surface area contributed by atoms with E-state index in [1.54, 1.807) is 7.11 Å². The van der Waals surface area contributed by atoms with Crippen LogP contribution in [0.3, 0.4) is 0 Å². The fourth-order valence-electron chi connectivity index (χ4n) is 3.32. The molecular weight excluding hydrogens is 306 g/mol. The normalized spacial score (nSPS) is 18.6. The Bertz CT molecular complexity index is 786. The van der Waals surface area contributed by atoms with Crippen molar-refractivity contribution in [2.75, 3.05) is 13.7 Å². The van der Waals surface area contributed by atoms with Crippen LogP contribution >= 0.6 is 0 Å². The van der Waals surface area contributed by atoms with Crippen LogP contribution in [0.2, 0.25) is 0 Å². The zero-order valence-electron chi connectivity index (χ0n) is 13.9. The highest BCUT2D eigenvalue weighted by atomic mass is 16.5. The standard InChI is InChI=1S/C19H21NO4/c1-12(18(21)20-9-3-4-17(20)19(22)23)13-5-6-15-11-16(24-2)8-7-14(15)10-13/h5-8,10-12,17H,3-4,9H2,1-2H3,(H,22,23)/t12?,17-/m0/s1. The second-order valence-corrected chi connectivity index (χ2v) is 6.22. The van der Waals surface area contributed by atoms with Gasteiger partial charge in [-0.05, 0) is 48.2 Å². The van der Waals surface area contributed by atoms with Gasteiger partial charge in [0, 0.05) is 6.54 Å². The van der Waals surface area contributed by atoms with Gasteiger partial charge in [-0.1, -0.05) is 24.3 Å². The molecule has 2 aromatic rings. The number of fused-ring (bicyclic) bond motifs is 1. The molecule has 0 saturated carbocycles. The van der Waals surface area contributed by atoms with E-state index in [-0.39, 0.29) is 11.8 Å². The summed E-state index contributed by atoms with van der Waals surface area (Å²) in [4.78, 5) is 25.5. The Labute approximate surface area is 140 Å². The third-order valence-electron chi connectivity index (χ3n) is 4.76. The first kappa shape index (κ1) is 16.3. The molecule has 24 heavy (non-hydrogen) atoms. The second-order valence-electron chi connectivity index (χ2n) is 6.22.